The van der Waals surface area contributed by atoms with E-state index in [9.17, 15) is 0 Å². The third kappa shape index (κ3) is 5.75. The SMILES string of the molecule is CCN(CC)Cc1ccc(C(C)CNC(C)C)cc1. The molecule has 1 unspecified atom stereocenters. The first-order chi connectivity index (χ1) is 9.06. The summed E-state index contributed by atoms with van der Waals surface area (Å²) in [6.07, 6.45) is 0. The van der Waals surface area contributed by atoms with Crippen molar-refractivity contribution in [3.8, 4) is 0 Å². The topological polar surface area (TPSA) is 15.3 Å². The van der Waals surface area contributed by atoms with Gasteiger partial charge in [-0.25, -0.2) is 0 Å². The maximum atomic E-state index is 3.50. The second-order valence-electron chi connectivity index (χ2n) is 5.67. The lowest BCUT2D eigenvalue weighted by molar-refractivity contribution is 0.296. The maximum absolute atomic E-state index is 3.50. The minimum atomic E-state index is 0.560. The first kappa shape index (κ1) is 16.2. The summed E-state index contributed by atoms with van der Waals surface area (Å²) >= 11 is 0. The minimum absolute atomic E-state index is 0.560. The van der Waals surface area contributed by atoms with Gasteiger partial charge in [-0.1, -0.05) is 58.9 Å². The Balaban J connectivity index is 2.55. The molecule has 0 aromatic heterocycles. The Morgan fingerprint density at radius 3 is 2.05 bits per heavy atom. The van der Waals surface area contributed by atoms with Gasteiger partial charge in [0.1, 0.15) is 0 Å². The van der Waals surface area contributed by atoms with E-state index in [1.807, 2.05) is 0 Å². The Morgan fingerprint density at radius 1 is 1.00 bits per heavy atom. The fraction of sp³-hybridized carbons (Fsp3) is 0.647. The van der Waals surface area contributed by atoms with Crippen molar-refractivity contribution in [2.75, 3.05) is 19.6 Å². The van der Waals surface area contributed by atoms with Gasteiger partial charge in [-0.05, 0) is 30.1 Å². The van der Waals surface area contributed by atoms with Crippen LogP contribution in [0, 0.1) is 0 Å². The normalized spacial score (nSPS) is 13.2. The molecule has 0 amide bonds. The molecule has 0 heterocycles. The highest BCUT2D eigenvalue weighted by molar-refractivity contribution is 5.25. The summed E-state index contributed by atoms with van der Waals surface area (Å²) in [6, 6.07) is 9.68. The molecule has 1 N–H and O–H groups in total. The largest absolute Gasteiger partial charge is 0.314 e. The molecule has 2 nitrogen and oxygen atoms in total. The predicted molar refractivity (Wildman–Crippen MR) is 84.6 cm³/mol. The van der Waals surface area contributed by atoms with Crippen LogP contribution in [0.25, 0.3) is 0 Å². The van der Waals surface area contributed by atoms with Crippen LogP contribution in [0.1, 0.15) is 51.7 Å². The van der Waals surface area contributed by atoms with Crippen LogP contribution in [-0.2, 0) is 6.54 Å². The second kappa shape index (κ2) is 8.34. The van der Waals surface area contributed by atoms with Crippen molar-refractivity contribution in [1.82, 2.24) is 10.2 Å². The average Bonchev–Trinajstić information content (AvgIpc) is 2.42. The molecule has 0 spiro atoms. The standard InChI is InChI=1S/C17H30N2/c1-6-19(7-2)13-16-8-10-17(11-9-16)15(5)12-18-14(3)4/h8-11,14-15,18H,6-7,12-13H2,1-5H3. The molecular weight excluding hydrogens is 232 g/mol. The Hall–Kier alpha value is -0.860. The van der Waals surface area contributed by atoms with E-state index in [0.29, 0.717) is 12.0 Å². The summed E-state index contributed by atoms with van der Waals surface area (Å²) < 4.78 is 0. The van der Waals surface area contributed by atoms with E-state index in [-0.39, 0.29) is 0 Å². The highest BCUT2D eigenvalue weighted by Gasteiger charge is 2.07. The summed E-state index contributed by atoms with van der Waals surface area (Å²) in [5.41, 5.74) is 2.84. The first-order valence-electron chi connectivity index (χ1n) is 7.61. The lowest BCUT2D eigenvalue weighted by Gasteiger charge is -2.19. The fourth-order valence-corrected chi connectivity index (χ4v) is 2.19. The van der Waals surface area contributed by atoms with Crippen molar-refractivity contribution in [3.63, 3.8) is 0 Å². The Labute approximate surface area is 119 Å². The number of benzene rings is 1. The Morgan fingerprint density at radius 2 is 1.58 bits per heavy atom. The predicted octanol–water partition coefficient (Wildman–Crippen LogP) is 3.63. The molecule has 1 aromatic rings. The van der Waals surface area contributed by atoms with Crippen LogP contribution in [0.4, 0.5) is 0 Å². The molecule has 0 aliphatic heterocycles. The first-order valence-corrected chi connectivity index (χ1v) is 7.61. The van der Waals surface area contributed by atoms with Gasteiger partial charge >= 0.3 is 0 Å². The summed E-state index contributed by atoms with van der Waals surface area (Å²) in [7, 11) is 0. The zero-order valence-electron chi connectivity index (χ0n) is 13.2. The van der Waals surface area contributed by atoms with Gasteiger partial charge in [0.05, 0.1) is 0 Å². The van der Waals surface area contributed by atoms with E-state index < -0.39 is 0 Å². The molecule has 0 aliphatic rings. The van der Waals surface area contributed by atoms with Crippen molar-refractivity contribution in [3.05, 3.63) is 35.4 Å². The van der Waals surface area contributed by atoms with Crippen molar-refractivity contribution in [2.24, 2.45) is 0 Å². The van der Waals surface area contributed by atoms with E-state index in [1.165, 1.54) is 11.1 Å². The average molecular weight is 262 g/mol. The van der Waals surface area contributed by atoms with E-state index >= 15 is 0 Å². The fourth-order valence-electron chi connectivity index (χ4n) is 2.19. The van der Waals surface area contributed by atoms with Crippen LogP contribution < -0.4 is 5.32 Å². The number of nitrogens with one attached hydrogen (secondary N) is 1. The molecule has 0 radical (unpaired) electrons. The number of hydrogen-bond donors (Lipinski definition) is 1. The van der Waals surface area contributed by atoms with E-state index in [1.54, 1.807) is 0 Å². The second-order valence-corrected chi connectivity index (χ2v) is 5.67. The number of rotatable bonds is 8. The number of nitrogens with zero attached hydrogens (tertiary/aromatic N) is 1. The van der Waals surface area contributed by atoms with Gasteiger partial charge in [0.25, 0.3) is 0 Å². The summed E-state index contributed by atoms with van der Waals surface area (Å²) in [4.78, 5) is 2.44. The smallest absolute Gasteiger partial charge is 0.0233 e. The van der Waals surface area contributed by atoms with Crippen LogP contribution in [0.15, 0.2) is 24.3 Å². The van der Waals surface area contributed by atoms with E-state index in [4.69, 9.17) is 0 Å². The molecule has 1 rings (SSSR count). The lowest BCUT2D eigenvalue weighted by Crippen LogP contribution is -2.27. The van der Waals surface area contributed by atoms with Gasteiger partial charge in [0.15, 0.2) is 0 Å². The number of hydrogen-bond acceptors (Lipinski definition) is 2. The summed E-state index contributed by atoms with van der Waals surface area (Å²) in [5.74, 6) is 0.574. The Bertz CT molecular complexity index is 339. The Kier molecular flexibility index (Phi) is 7.11. The quantitative estimate of drug-likeness (QED) is 0.769. The minimum Gasteiger partial charge on any atom is -0.314 e. The maximum Gasteiger partial charge on any atom is 0.0233 e. The van der Waals surface area contributed by atoms with Gasteiger partial charge in [-0.15, -0.1) is 0 Å². The molecule has 0 saturated carbocycles. The highest BCUT2D eigenvalue weighted by atomic mass is 15.1. The van der Waals surface area contributed by atoms with Gasteiger partial charge < -0.3 is 5.32 Å². The van der Waals surface area contributed by atoms with Crippen LogP contribution in [0.5, 0.6) is 0 Å². The summed E-state index contributed by atoms with van der Waals surface area (Å²) in [6.45, 7) is 15.5. The van der Waals surface area contributed by atoms with Gasteiger partial charge in [-0.3, -0.25) is 4.90 Å². The van der Waals surface area contributed by atoms with Crippen molar-refractivity contribution in [1.29, 1.82) is 0 Å². The molecule has 2 heteroatoms. The van der Waals surface area contributed by atoms with Gasteiger partial charge in [0.2, 0.25) is 0 Å². The van der Waals surface area contributed by atoms with E-state index in [0.717, 1.165) is 26.2 Å². The molecule has 1 aromatic carbocycles. The zero-order valence-corrected chi connectivity index (χ0v) is 13.2. The van der Waals surface area contributed by atoms with Crippen LogP contribution >= 0.6 is 0 Å². The monoisotopic (exact) mass is 262 g/mol. The summed E-state index contributed by atoms with van der Waals surface area (Å²) in [5, 5.41) is 3.50. The molecule has 108 valence electrons. The molecule has 1 atom stereocenters. The molecule has 0 fully saturated rings. The van der Waals surface area contributed by atoms with Gasteiger partial charge in [-0.2, -0.15) is 0 Å². The molecular formula is C17H30N2. The molecule has 19 heavy (non-hydrogen) atoms. The van der Waals surface area contributed by atoms with Gasteiger partial charge in [0, 0.05) is 19.1 Å². The van der Waals surface area contributed by atoms with Crippen molar-refractivity contribution >= 4 is 0 Å². The van der Waals surface area contributed by atoms with Crippen LogP contribution in [0.2, 0.25) is 0 Å². The third-order valence-corrected chi connectivity index (χ3v) is 3.68. The van der Waals surface area contributed by atoms with Crippen molar-refractivity contribution < 1.29 is 0 Å². The van der Waals surface area contributed by atoms with E-state index in [2.05, 4.69) is 69.1 Å². The zero-order chi connectivity index (χ0) is 14.3. The molecule has 0 saturated heterocycles. The molecule has 0 aliphatic carbocycles. The van der Waals surface area contributed by atoms with Crippen molar-refractivity contribution in [2.45, 2.75) is 53.1 Å². The molecule has 0 bridgehead atoms. The lowest BCUT2D eigenvalue weighted by atomic mass is 9.99. The van der Waals surface area contributed by atoms with Crippen LogP contribution in [-0.4, -0.2) is 30.6 Å². The van der Waals surface area contributed by atoms with Crippen LogP contribution in [0.3, 0.4) is 0 Å². The highest BCUT2D eigenvalue weighted by Crippen LogP contribution is 2.16. The third-order valence-electron chi connectivity index (χ3n) is 3.68.